The van der Waals surface area contributed by atoms with Gasteiger partial charge in [-0.1, -0.05) is 0 Å². The molecule has 0 spiro atoms. The van der Waals surface area contributed by atoms with Crippen LogP contribution in [0.4, 0.5) is 22.1 Å². The SMILES string of the molecule is COc1cc(NC(=O)N2CCCN(C)c3ccc(-c4ccnc(C)c4)nc32)ncn1. The Hall–Kier alpha value is -3.75. The van der Waals surface area contributed by atoms with Crippen molar-refractivity contribution in [2.75, 3.05) is 42.4 Å². The van der Waals surface area contributed by atoms with Crippen LogP contribution in [0.3, 0.4) is 0 Å². The fourth-order valence-corrected chi connectivity index (χ4v) is 3.39. The number of aryl methyl sites for hydroxylation is 1. The van der Waals surface area contributed by atoms with Crippen molar-refractivity contribution in [2.45, 2.75) is 13.3 Å². The molecule has 2 amide bonds. The Balaban J connectivity index is 1.70. The minimum absolute atomic E-state index is 0.303. The van der Waals surface area contributed by atoms with E-state index in [1.807, 2.05) is 38.2 Å². The normalized spacial score (nSPS) is 13.4. The third kappa shape index (κ3) is 4.00. The van der Waals surface area contributed by atoms with Gasteiger partial charge in [0, 0.05) is 43.7 Å². The number of carbonyl (C=O) groups is 1. The first-order valence-corrected chi connectivity index (χ1v) is 9.65. The van der Waals surface area contributed by atoms with E-state index in [1.54, 1.807) is 17.2 Å². The molecular formula is C21H23N7O2. The molecule has 1 aliphatic rings. The van der Waals surface area contributed by atoms with Gasteiger partial charge in [-0.3, -0.25) is 15.2 Å². The van der Waals surface area contributed by atoms with Gasteiger partial charge in [0.2, 0.25) is 5.88 Å². The summed E-state index contributed by atoms with van der Waals surface area (Å²) in [6, 6.07) is 9.15. The van der Waals surface area contributed by atoms with Crippen LogP contribution >= 0.6 is 0 Å². The van der Waals surface area contributed by atoms with Gasteiger partial charge in [0.25, 0.3) is 0 Å². The van der Waals surface area contributed by atoms with Crippen LogP contribution in [0.25, 0.3) is 11.3 Å². The van der Waals surface area contributed by atoms with E-state index in [-0.39, 0.29) is 6.03 Å². The van der Waals surface area contributed by atoms with E-state index in [0.29, 0.717) is 24.1 Å². The molecule has 4 heterocycles. The van der Waals surface area contributed by atoms with E-state index in [1.165, 1.54) is 13.4 Å². The molecule has 3 aromatic heterocycles. The van der Waals surface area contributed by atoms with Crippen LogP contribution in [0.15, 0.2) is 42.9 Å². The minimum Gasteiger partial charge on any atom is -0.481 e. The zero-order valence-corrected chi connectivity index (χ0v) is 17.2. The molecule has 0 saturated heterocycles. The number of hydrogen-bond donors (Lipinski definition) is 1. The highest BCUT2D eigenvalue weighted by Gasteiger charge is 2.26. The van der Waals surface area contributed by atoms with E-state index < -0.39 is 0 Å². The molecular weight excluding hydrogens is 382 g/mol. The first-order valence-electron chi connectivity index (χ1n) is 9.65. The molecule has 0 aliphatic carbocycles. The van der Waals surface area contributed by atoms with Gasteiger partial charge in [-0.15, -0.1) is 0 Å². The number of hydrogen-bond acceptors (Lipinski definition) is 7. The molecule has 1 aliphatic heterocycles. The molecule has 0 aromatic carbocycles. The van der Waals surface area contributed by atoms with Crippen molar-refractivity contribution in [3.8, 4) is 17.1 Å². The molecule has 0 radical (unpaired) electrons. The monoisotopic (exact) mass is 405 g/mol. The minimum atomic E-state index is -0.303. The van der Waals surface area contributed by atoms with Crippen molar-refractivity contribution in [1.29, 1.82) is 0 Å². The first-order chi connectivity index (χ1) is 14.5. The van der Waals surface area contributed by atoms with Gasteiger partial charge in [0.15, 0.2) is 5.82 Å². The maximum absolute atomic E-state index is 13.1. The summed E-state index contributed by atoms with van der Waals surface area (Å²) in [5.74, 6) is 1.36. The van der Waals surface area contributed by atoms with Crippen molar-refractivity contribution in [3.05, 3.63) is 48.5 Å². The Kier molecular flexibility index (Phi) is 5.42. The van der Waals surface area contributed by atoms with E-state index in [0.717, 1.165) is 35.6 Å². The fraction of sp³-hybridized carbons (Fsp3) is 0.286. The lowest BCUT2D eigenvalue weighted by molar-refractivity contribution is 0.256. The number of aromatic nitrogens is 4. The lowest BCUT2D eigenvalue weighted by Crippen LogP contribution is -2.36. The summed E-state index contributed by atoms with van der Waals surface area (Å²) in [5.41, 5.74) is 3.56. The van der Waals surface area contributed by atoms with Gasteiger partial charge in [-0.05, 0) is 37.6 Å². The number of methoxy groups -OCH3 is 1. The molecule has 0 atom stereocenters. The lowest BCUT2D eigenvalue weighted by Gasteiger charge is -2.24. The Bertz CT molecular complexity index is 1070. The maximum atomic E-state index is 13.1. The number of anilines is 3. The predicted octanol–water partition coefficient (Wildman–Crippen LogP) is 3.13. The fourth-order valence-electron chi connectivity index (χ4n) is 3.39. The molecule has 0 unspecified atom stereocenters. The molecule has 1 N–H and O–H groups in total. The molecule has 3 aromatic rings. The van der Waals surface area contributed by atoms with E-state index in [2.05, 4.69) is 25.2 Å². The number of pyridine rings is 2. The molecule has 0 fully saturated rings. The Morgan fingerprint density at radius 3 is 2.80 bits per heavy atom. The summed E-state index contributed by atoms with van der Waals surface area (Å²) in [4.78, 5) is 34.1. The second-order valence-corrected chi connectivity index (χ2v) is 7.03. The highest BCUT2D eigenvalue weighted by molar-refractivity contribution is 6.03. The van der Waals surface area contributed by atoms with Crippen LogP contribution < -0.4 is 19.9 Å². The Morgan fingerprint density at radius 1 is 1.13 bits per heavy atom. The first kappa shape index (κ1) is 19.6. The van der Waals surface area contributed by atoms with Crippen molar-refractivity contribution in [2.24, 2.45) is 0 Å². The third-order valence-electron chi connectivity index (χ3n) is 4.92. The van der Waals surface area contributed by atoms with Gasteiger partial charge < -0.3 is 9.64 Å². The van der Waals surface area contributed by atoms with Crippen molar-refractivity contribution in [1.82, 2.24) is 19.9 Å². The number of amides is 2. The van der Waals surface area contributed by atoms with Crippen LogP contribution in [0.5, 0.6) is 5.88 Å². The smallest absolute Gasteiger partial charge is 0.328 e. The van der Waals surface area contributed by atoms with Crippen molar-refractivity contribution in [3.63, 3.8) is 0 Å². The van der Waals surface area contributed by atoms with Gasteiger partial charge in [-0.2, -0.15) is 0 Å². The molecule has 0 saturated carbocycles. The molecule has 154 valence electrons. The van der Waals surface area contributed by atoms with E-state index in [9.17, 15) is 4.79 Å². The average Bonchev–Trinajstić information content (AvgIpc) is 2.92. The second-order valence-electron chi connectivity index (χ2n) is 7.03. The number of carbonyl (C=O) groups excluding carboxylic acids is 1. The summed E-state index contributed by atoms with van der Waals surface area (Å²) in [5, 5.41) is 2.83. The van der Waals surface area contributed by atoms with Gasteiger partial charge in [0.05, 0.1) is 18.5 Å². The topological polar surface area (TPSA) is 96.4 Å². The molecule has 9 nitrogen and oxygen atoms in total. The van der Waals surface area contributed by atoms with Gasteiger partial charge in [-0.25, -0.2) is 19.7 Å². The molecule has 0 bridgehead atoms. The van der Waals surface area contributed by atoms with Crippen molar-refractivity contribution < 1.29 is 9.53 Å². The molecule has 4 rings (SSSR count). The Morgan fingerprint density at radius 2 is 2.00 bits per heavy atom. The Labute approximate surface area is 174 Å². The highest BCUT2D eigenvalue weighted by atomic mass is 16.5. The van der Waals surface area contributed by atoms with Crippen LogP contribution in [0.1, 0.15) is 12.1 Å². The maximum Gasteiger partial charge on any atom is 0.328 e. The zero-order valence-electron chi connectivity index (χ0n) is 17.2. The number of fused-ring (bicyclic) bond motifs is 1. The summed E-state index contributed by atoms with van der Waals surface area (Å²) in [6.07, 6.45) is 3.93. The quantitative estimate of drug-likeness (QED) is 0.715. The zero-order chi connectivity index (χ0) is 21.1. The lowest BCUT2D eigenvalue weighted by atomic mass is 10.1. The number of rotatable bonds is 3. The van der Waals surface area contributed by atoms with Gasteiger partial charge >= 0.3 is 6.03 Å². The van der Waals surface area contributed by atoms with Crippen LogP contribution in [0, 0.1) is 6.92 Å². The number of urea groups is 1. The van der Waals surface area contributed by atoms with Crippen LogP contribution in [-0.2, 0) is 0 Å². The second kappa shape index (κ2) is 8.32. The summed E-state index contributed by atoms with van der Waals surface area (Å²) >= 11 is 0. The van der Waals surface area contributed by atoms with Crippen molar-refractivity contribution >= 4 is 23.4 Å². The van der Waals surface area contributed by atoms with Crippen LogP contribution in [-0.4, -0.2) is 53.2 Å². The highest BCUT2D eigenvalue weighted by Crippen LogP contribution is 2.33. The van der Waals surface area contributed by atoms with Gasteiger partial charge in [0.1, 0.15) is 12.1 Å². The molecule has 9 heteroatoms. The third-order valence-corrected chi connectivity index (χ3v) is 4.92. The average molecular weight is 405 g/mol. The summed E-state index contributed by atoms with van der Waals surface area (Å²) in [6.45, 7) is 3.31. The van der Waals surface area contributed by atoms with E-state index in [4.69, 9.17) is 9.72 Å². The van der Waals surface area contributed by atoms with Crippen LogP contribution in [0.2, 0.25) is 0 Å². The number of nitrogens with zero attached hydrogens (tertiary/aromatic N) is 6. The summed E-state index contributed by atoms with van der Waals surface area (Å²) in [7, 11) is 3.52. The summed E-state index contributed by atoms with van der Waals surface area (Å²) < 4.78 is 5.11. The number of ether oxygens (including phenoxy) is 1. The largest absolute Gasteiger partial charge is 0.481 e. The number of nitrogens with one attached hydrogen (secondary N) is 1. The standard InChI is InChI=1S/C21H23N7O2/c1-14-11-15(7-8-22-14)16-5-6-17-20(25-16)28(10-4-9-27(17)2)21(29)26-18-12-19(30-3)24-13-23-18/h5-8,11-13H,4,9-10H2,1-3H3,(H,23,24,26,29). The van der Waals surface area contributed by atoms with E-state index >= 15 is 0 Å². The molecule has 30 heavy (non-hydrogen) atoms. The predicted molar refractivity (Wildman–Crippen MR) is 115 cm³/mol.